The normalized spacial score (nSPS) is 10.8. The molecule has 0 bridgehead atoms. The van der Waals surface area contributed by atoms with E-state index in [4.69, 9.17) is 5.84 Å². The fourth-order valence-electron chi connectivity index (χ4n) is 1.81. The molecule has 0 radical (unpaired) electrons. The summed E-state index contributed by atoms with van der Waals surface area (Å²) in [5.74, 6) is 6.65. The van der Waals surface area contributed by atoms with Crippen molar-refractivity contribution in [2.75, 3.05) is 17.3 Å². The van der Waals surface area contributed by atoms with Crippen molar-refractivity contribution in [1.82, 2.24) is 9.97 Å². The third kappa shape index (κ3) is 2.67. The van der Waals surface area contributed by atoms with Crippen LogP contribution in [-0.2, 0) is 6.42 Å². The highest BCUT2D eigenvalue weighted by Crippen LogP contribution is 2.26. The van der Waals surface area contributed by atoms with E-state index >= 15 is 0 Å². The third-order valence-electron chi connectivity index (χ3n) is 2.74. The molecule has 3 aromatic rings. The molecule has 3 heterocycles. The van der Waals surface area contributed by atoms with Crippen LogP contribution in [0.4, 0.5) is 11.8 Å². The van der Waals surface area contributed by atoms with E-state index in [1.54, 1.807) is 22.7 Å². The average molecular weight is 291 g/mol. The van der Waals surface area contributed by atoms with Gasteiger partial charge in [-0.15, -0.1) is 11.3 Å². The molecule has 0 amide bonds. The second-order valence-electron chi connectivity index (χ2n) is 3.99. The first-order valence-corrected chi connectivity index (χ1v) is 7.66. The van der Waals surface area contributed by atoms with Gasteiger partial charge in [0.1, 0.15) is 10.6 Å². The number of hydrogen-bond acceptors (Lipinski definition) is 7. The molecule has 0 spiro atoms. The Morgan fingerprint density at radius 1 is 1.21 bits per heavy atom. The van der Waals surface area contributed by atoms with E-state index in [0.29, 0.717) is 5.95 Å². The van der Waals surface area contributed by atoms with Gasteiger partial charge in [-0.3, -0.25) is 5.43 Å². The van der Waals surface area contributed by atoms with Crippen molar-refractivity contribution in [1.29, 1.82) is 0 Å². The number of nitrogens with zero attached hydrogens (tertiary/aromatic N) is 2. The van der Waals surface area contributed by atoms with Gasteiger partial charge in [0, 0.05) is 6.54 Å². The number of aromatic nitrogens is 2. The summed E-state index contributed by atoms with van der Waals surface area (Å²) in [5.41, 5.74) is 3.84. The molecule has 0 aliphatic heterocycles. The molecule has 19 heavy (non-hydrogen) atoms. The number of nitrogens with one attached hydrogen (secondary N) is 2. The summed E-state index contributed by atoms with van der Waals surface area (Å²) < 4.78 is 0. The van der Waals surface area contributed by atoms with Crippen LogP contribution in [0.1, 0.15) is 5.56 Å². The van der Waals surface area contributed by atoms with Crippen LogP contribution in [0.25, 0.3) is 10.2 Å². The summed E-state index contributed by atoms with van der Waals surface area (Å²) in [5, 5.41) is 10.6. The van der Waals surface area contributed by atoms with E-state index in [1.807, 2.05) is 11.4 Å². The van der Waals surface area contributed by atoms with Crippen LogP contribution in [0.3, 0.4) is 0 Å². The molecule has 0 atom stereocenters. The monoisotopic (exact) mass is 291 g/mol. The van der Waals surface area contributed by atoms with Crippen molar-refractivity contribution < 1.29 is 0 Å². The molecule has 0 unspecified atom stereocenters. The minimum absolute atomic E-state index is 0.438. The van der Waals surface area contributed by atoms with E-state index in [2.05, 4.69) is 37.5 Å². The second-order valence-corrected chi connectivity index (χ2v) is 5.66. The lowest BCUT2D eigenvalue weighted by atomic mass is 10.2. The Morgan fingerprint density at radius 3 is 2.95 bits per heavy atom. The molecule has 5 nitrogen and oxygen atoms in total. The van der Waals surface area contributed by atoms with Crippen molar-refractivity contribution in [3.05, 3.63) is 33.8 Å². The van der Waals surface area contributed by atoms with Crippen LogP contribution >= 0.6 is 22.7 Å². The number of nitrogen functional groups attached to an aromatic ring is 1. The maximum Gasteiger partial charge on any atom is 0.240 e. The Morgan fingerprint density at radius 2 is 2.16 bits per heavy atom. The van der Waals surface area contributed by atoms with Gasteiger partial charge in [0.2, 0.25) is 5.95 Å². The number of thiophene rings is 2. The molecule has 98 valence electrons. The highest BCUT2D eigenvalue weighted by molar-refractivity contribution is 7.16. The topological polar surface area (TPSA) is 75.9 Å². The standard InChI is InChI=1S/C12H13N5S2/c13-17-12-15-10(9-3-6-19-11(9)16-12)14-4-1-8-2-5-18-7-8/h2-3,5-7H,1,4,13H2,(H2,14,15,16,17). The second kappa shape index (κ2) is 5.52. The van der Waals surface area contributed by atoms with Crippen LogP contribution in [0.15, 0.2) is 28.3 Å². The van der Waals surface area contributed by atoms with Gasteiger partial charge in [0.25, 0.3) is 0 Å². The molecule has 0 saturated heterocycles. The Balaban J connectivity index is 1.77. The molecular weight excluding hydrogens is 278 g/mol. The van der Waals surface area contributed by atoms with Crippen LogP contribution in [0.5, 0.6) is 0 Å². The van der Waals surface area contributed by atoms with Gasteiger partial charge in [-0.1, -0.05) is 0 Å². The van der Waals surface area contributed by atoms with Crippen molar-refractivity contribution >= 4 is 44.7 Å². The SMILES string of the molecule is NNc1nc(NCCc2ccsc2)c2ccsc2n1. The molecule has 7 heteroatoms. The molecule has 4 N–H and O–H groups in total. The fraction of sp³-hybridized carbons (Fsp3) is 0.167. The Kier molecular flexibility index (Phi) is 3.58. The minimum atomic E-state index is 0.438. The Bertz CT molecular complexity index is 662. The maximum absolute atomic E-state index is 5.39. The number of hydrogen-bond donors (Lipinski definition) is 3. The van der Waals surface area contributed by atoms with Crippen LogP contribution in [0, 0.1) is 0 Å². The highest BCUT2D eigenvalue weighted by Gasteiger charge is 2.07. The molecule has 0 aliphatic carbocycles. The van der Waals surface area contributed by atoms with E-state index in [-0.39, 0.29) is 0 Å². The predicted molar refractivity (Wildman–Crippen MR) is 81.7 cm³/mol. The van der Waals surface area contributed by atoms with Crippen molar-refractivity contribution in [3.8, 4) is 0 Å². The van der Waals surface area contributed by atoms with Crippen molar-refractivity contribution in [3.63, 3.8) is 0 Å². The number of fused-ring (bicyclic) bond motifs is 1. The van der Waals surface area contributed by atoms with Gasteiger partial charge in [-0.2, -0.15) is 16.3 Å². The summed E-state index contributed by atoms with van der Waals surface area (Å²) >= 11 is 3.29. The van der Waals surface area contributed by atoms with Gasteiger partial charge in [0.15, 0.2) is 0 Å². The zero-order valence-corrected chi connectivity index (χ0v) is 11.7. The van der Waals surface area contributed by atoms with Crippen LogP contribution < -0.4 is 16.6 Å². The number of anilines is 2. The van der Waals surface area contributed by atoms with E-state index in [1.165, 1.54) is 5.56 Å². The van der Waals surface area contributed by atoms with E-state index in [9.17, 15) is 0 Å². The number of rotatable bonds is 5. The molecule has 3 rings (SSSR count). The quantitative estimate of drug-likeness (QED) is 0.498. The molecule has 0 aromatic carbocycles. The van der Waals surface area contributed by atoms with Crippen molar-refractivity contribution in [2.45, 2.75) is 6.42 Å². The average Bonchev–Trinajstić information content (AvgIpc) is 3.08. The minimum Gasteiger partial charge on any atom is -0.369 e. The lowest BCUT2D eigenvalue weighted by Gasteiger charge is -2.07. The zero-order valence-electron chi connectivity index (χ0n) is 10.1. The first kappa shape index (κ1) is 12.3. The van der Waals surface area contributed by atoms with E-state index < -0.39 is 0 Å². The molecule has 0 fully saturated rings. The third-order valence-corrected chi connectivity index (χ3v) is 4.28. The summed E-state index contributed by atoms with van der Waals surface area (Å²) in [6.45, 7) is 0.836. The van der Waals surface area contributed by atoms with Gasteiger partial charge in [0.05, 0.1) is 5.39 Å². The van der Waals surface area contributed by atoms with Crippen molar-refractivity contribution in [2.24, 2.45) is 5.84 Å². The smallest absolute Gasteiger partial charge is 0.240 e. The van der Waals surface area contributed by atoms with Crippen LogP contribution in [0.2, 0.25) is 0 Å². The molecule has 0 saturated carbocycles. The molecular formula is C12H13N5S2. The zero-order chi connectivity index (χ0) is 13.1. The molecule has 3 aromatic heterocycles. The summed E-state index contributed by atoms with van der Waals surface area (Å²) in [4.78, 5) is 9.60. The Labute approximate surface area is 118 Å². The summed E-state index contributed by atoms with van der Waals surface area (Å²) in [6, 6.07) is 4.16. The molecule has 0 aliphatic rings. The van der Waals surface area contributed by atoms with Gasteiger partial charge in [-0.25, -0.2) is 10.8 Å². The summed E-state index contributed by atoms with van der Waals surface area (Å²) in [6.07, 6.45) is 0.977. The predicted octanol–water partition coefficient (Wildman–Crippen LogP) is 2.69. The fourth-order valence-corrected chi connectivity index (χ4v) is 3.28. The first-order chi connectivity index (χ1) is 9.36. The highest BCUT2D eigenvalue weighted by atomic mass is 32.1. The van der Waals surface area contributed by atoms with Crippen LogP contribution in [-0.4, -0.2) is 16.5 Å². The maximum atomic E-state index is 5.39. The lowest BCUT2D eigenvalue weighted by molar-refractivity contribution is 1.01. The van der Waals surface area contributed by atoms with Gasteiger partial charge < -0.3 is 5.32 Å². The number of nitrogens with two attached hydrogens (primary N) is 1. The largest absolute Gasteiger partial charge is 0.369 e. The summed E-state index contributed by atoms with van der Waals surface area (Å²) in [7, 11) is 0. The lowest BCUT2D eigenvalue weighted by Crippen LogP contribution is -2.13. The van der Waals surface area contributed by atoms with Gasteiger partial charge in [-0.05, 0) is 40.3 Å². The van der Waals surface area contributed by atoms with Gasteiger partial charge >= 0.3 is 0 Å². The Hall–Kier alpha value is -1.70. The van der Waals surface area contributed by atoms with E-state index in [0.717, 1.165) is 29.0 Å². The number of hydrazine groups is 1. The first-order valence-electron chi connectivity index (χ1n) is 5.83.